The van der Waals surface area contributed by atoms with Gasteiger partial charge in [0.1, 0.15) is 5.76 Å². The molecule has 0 atom stereocenters. The molecule has 1 rings (SSSR count). The first-order valence-corrected chi connectivity index (χ1v) is 5.82. The molecule has 0 aliphatic heterocycles. The van der Waals surface area contributed by atoms with Gasteiger partial charge in [-0.05, 0) is 25.5 Å². The number of allylic oxidation sites excluding steroid dienone is 5. The molecule has 0 saturated heterocycles. The largest absolute Gasteiger partial charge is 0.435 e. The minimum atomic E-state index is -9.84. The van der Waals surface area contributed by atoms with Crippen LogP contribution < -0.4 is 0 Å². The Morgan fingerprint density at radius 2 is 1.80 bits per heavy atom. The number of halogens is 5. The zero-order valence-corrected chi connectivity index (χ0v) is 8.54. The van der Waals surface area contributed by atoms with Gasteiger partial charge in [0.15, 0.2) is 0 Å². The van der Waals surface area contributed by atoms with Crippen molar-refractivity contribution in [3.8, 4) is 0 Å². The van der Waals surface area contributed by atoms with Crippen LogP contribution in [0.5, 0.6) is 0 Å². The highest BCUT2D eigenvalue weighted by Crippen LogP contribution is 2.99. The van der Waals surface area contributed by atoms with Crippen molar-refractivity contribution in [1.29, 1.82) is 0 Å². The van der Waals surface area contributed by atoms with Gasteiger partial charge in [0, 0.05) is 0 Å². The van der Waals surface area contributed by atoms with Crippen LogP contribution in [-0.4, -0.2) is 0 Å². The molecule has 0 radical (unpaired) electrons. The van der Waals surface area contributed by atoms with Gasteiger partial charge in [0.2, 0.25) is 0 Å². The molecule has 0 amide bonds. The van der Waals surface area contributed by atoms with Gasteiger partial charge in [0.05, 0.1) is 0 Å². The molecular weight excluding hydrogens is 239 g/mol. The van der Waals surface area contributed by atoms with Gasteiger partial charge < -0.3 is 4.18 Å². The van der Waals surface area contributed by atoms with Crippen LogP contribution in [0.1, 0.15) is 13.3 Å². The van der Waals surface area contributed by atoms with E-state index in [4.69, 9.17) is 0 Å². The second-order valence-corrected chi connectivity index (χ2v) is 5.08. The number of rotatable bonds is 2. The monoisotopic (exact) mass is 248 g/mol. The number of hydrogen-bond donors (Lipinski definition) is 0. The average molecular weight is 248 g/mol. The Labute approximate surface area is 83.8 Å². The average Bonchev–Trinajstić information content (AvgIpc) is 2.06. The molecule has 0 unspecified atom stereocenters. The first-order valence-electron chi connectivity index (χ1n) is 3.95. The third-order valence-electron chi connectivity index (χ3n) is 1.48. The maximum Gasteiger partial charge on any atom is 0.435 e. The molecule has 0 N–H and O–H groups in total. The summed E-state index contributed by atoms with van der Waals surface area (Å²) >= 11 is 0. The Kier molecular flexibility index (Phi) is 2.24. The summed E-state index contributed by atoms with van der Waals surface area (Å²) in [6, 6.07) is 0. The normalized spacial score (nSPS) is 22.0. The van der Waals surface area contributed by atoms with Crippen molar-refractivity contribution in [2.45, 2.75) is 13.3 Å². The molecule has 7 heteroatoms. The predicted molar refractivity (Wildman–Crippen MR) is 49.8 cm³/mol. The van der Waals surface area contributed by atoms with E-state index in [0.29, 0.717) is 12.0 Å². The minimum Gasteiger partial charge on any atom is -0.355 e. The van der Waals surface area contributed by atoms with Crippen LogP contribution in [0, 0.1) is 0 Å². The van der Waals surface area contributed by atoms with E-state index in [0.717, 1.165) is 12.2 Å². The highest BCUT2D eigenvalue weighted by Gasteiger charge is 2.67. The van der Waals surface area contributed by atoms with E-state index in [2.05, 4.69) is 4.18 Å². The van der Waals surface area contributed by atoms with Crippen LogP contribution in [0.4, 0.5) is 19.4 Å². The second kappa shape index (κ2) is 2.78. The van der Waals surface area contributed by atoms with Crippen LogP contribution in [0.3, 0.4) is 0 Å². The lowest BCUT2D eigenvalue weighted by atomic mass is 10.2. The molecular formula is C8H9F5OS. The van der Waals surface area contributed by atoms with E-state index in [-0.39, 0.29) is 0 Å². The molecule has 0 bridgehead atoms. The van der Waals surface area contributed by atoms with Gasteiger partial charge in [-0.25, -0.2) is 0 Å². The van der Waals surface area contributed by atoms with Gasteiger partial charge in [0.25, 0.3) is 0 Å². The van der Waals surface area contributed by atoms with E-state index in [1.807, 2.05) is 0 Å². The summed E-state index contributed by atoms with van der Waals surface area (Å²) in [5.41, 5.74) is 0.442. The third-order valence-corrected chi connectivity index (χ3v) is 1.99. The summed E-state index contributed by atoms with van der Waals surface area (Å²) in [5.74, 6) is -0.889. The first kappa shape index (κ1) is 12.1. The lowest BCUT2D eigenvalue weighted by molar-refractivity contribution is 0.204. The summed E-state index contributed by atoms with van der Waals surface area (Å²) in [6.07, 6.45) is 5.09. The lowest BCUT2D eigenvalue weighted by Gasteiger charge is -2.39. The van der Waals surface area contributed by atoms with E-state index in [1.165, 1.54) is 13.0 Å². The SMILES string of the molecule is CC1=CCC=CC(OS(F)(F)(F)(F)F)=C1. The van der Waals surface area contributed by atoms with Crippen molar-refractivity contribution < 1.29 is 23.6 Å². The highest BCUT2D eigenvalue weighted by atomic mass is 32.5. The third kappa shape index (κ3) is 5.46. The van der Waals surface area contributed by atoms with E-state index in [9.17, 15) is 19.4 Å². The number of hydrogen-bond acceptors (Lipinski definition) is 1. The molecule has 0 saturated carbocycles. The van der Waals surface area contributed by atoms with Crippen molar-refractivity contribution in [2.24, 2.45) is 0 Å². The maximum atomic E-state index is 11.9. The fourth-order valence-corrected chi connectivity index (χ4v) is 1.47. The van der Waals surface area contributed by atoms with Crippen molar-refractivity contribution in [3.05, 3.63) is 35.6 Å². The van der Waals surface area contributed by atoms with Gasteiger partial charge in [-0.3, -0.25) is 0 Å². The molecule has 15 heavy (non-hydrogen) atoms. The van der Waals surface area contributed by atoms with Gasteiger partial charge >= 0.3 is 10.5 Å². The summed E-state index contributed by atoms with van der Waals surface area (Å²) < 4.78 is 62.6. The van der Waals surface area contributed by atoms with E-state index in [1.54, 1.807) is 6.08 Å². The Morgan fingerprint density at radius 3 is 2.33 bits per heavy atom. The van der Waals surface area contributed by atoms with E-state index >= 15 is 0 Å². The quantitative estimate of drug-likeness (QED) is 0.624. The summed E-state index contributed by atoms with van der Waals surface area (Å²) in [5, 5.41) is 0. The van der Waals surface area contributed by atoms with Crippen molar-refractivity contribution in [3.63, 3.8) is 0 Å². The molecule has 0 aromatic rings. The van der Waals surface area contributed by atoms with E-state index < -0.39 is 16.3 Å². The zero-order chi connectivity index (χ0) is 11.8. The molecule has 1 aliphatic rings. The van der Waals surface area contributed by atoms with Gasteiger partial charge in [-0.15, -0.1) is 0 Å². The molecule has 0 aromatic heterocycles. The molecule has 0 heterocycles. The maximum absolute atomic E-state index is 11.9. The minimum absolute atomic E-state index is 0.384. The Morgan fingerprint density at radius 1 is 1.20 bits per heavy atom. The Balaban J connectivity index is 2.98. The van der Waals surface area contributed by atoms with Crippen molar-refractivity contribution in [2.75, 3.05) is 0 Å². The van der Waals surface area contributed by atoms with Crippen LogP contribution in [0.2, 0.25) is 0 Å². The second-order valence-electron chi connectivity index (χ2n) is 3.11. The Bertz CT molecular complexity index is 361. The fourth-order valence-electron chi connectivity index (χ4n) is 1.00. The summed E-state index contributed by atoms with van der Waals surface area (Å²) in [6.45, 7) is 1.50. The Hall–Kier alpha value is -0.980. The standard InChI is InChI=1S/C8H9F5OS/c1-7-4-2-3-5-8(6-7)14-15(9,10,11,12)13/h3-6H,2H2,1H3. The first-order chi connectivity index (χ1) is 6.45. The fraction of sp³-hybridized carbons (Fsp3) is 0.250. The van der Waals surface area contributed by atoms with Crippen LogP contribution in [0.25, 0.3) is 0 Å². The zero-order valence-electron chi connectivity index (χ0n) is 7.72. The van der Waals surface area contributed by atoms with Gasteiger partial charge in [-0.2, -0.15) is 0 Å². The summed E-state index contributed by atoms with van der Waals surface area (Å²) in [4.78, 5) is 0. The molecule has 0 spiro atoms. The molecule has 1 aliphatic carbocycles. The van der Waals surface area contributed by atoms with Crippen LogP contribution in [0.15, 0.2) is 35.6 Å². The predicted octanol–water partition coefficient (Wildman–Crippen LogP) is 5.01. The topological polar surface area (TPSA) is 9.23 Å². The van der Waals surface area contributed by atoms with Crippen LogP contribution >= 0.6 is 10.5 Å². The molecule has 1 nitrogen and oxygen atoms in total. The van der Waals surface area contributed by atoms with Crippen LogP contribution in [-0.2, 0) is 4.18 Å². The smallest absolute Gasteiger partial charge is 0.355 e. The van der Waals surface area contributed by atoms with Gasteiger partial charge in [-0.1, -0.05) is 37.2 Å². The molecule has 88 valence electrons. The molecule has 0 fully saturated rings. The van der Waals surface area contributed by atoms with Crippen molar-refractivity contribution >= 4 is 10.5 Å². The molecule has 0 aromatic carbocycles. The van der Waals surface area contributed by atoms with Crippen molar-refractivity contribution in [1.82, 2.24) is 0 Å². The highest BCUT2D eigenvalue weighted by molar-refractivity contribution is 8.42. The lowest BCUT2D eigenvalue weighted by Crippen LogP contribution is -2.09. The summed E-state index contributed by atoms with van der Waals surface area (Å²) in [7, 11) is -9.84.